The summed E-state index contributed by atoms with van der Waals surface area (Å²) in [7, 11) is 3.21. The summed E-state index contributed by atoms with van der Waals surface area (Å²) in [5.41, 5.74) is 5.63. The van der Waals surface area contributed by atoms with Gasteiger partial charge in [-0.25, -0.2) is 0 Å². The molecule has 1 unspecified atom stereocenters. The van der Waals surface area contributed by atoms with Gasteiger partial charge in [0.15, 0.2) is 0 Å². The number of methoxy groups -OCH3 is 2. The molecule has 0 aliphatic heterocycles. The molecule has 0 saturated heterocycles. The van der Waals surface area contributed by atoms with Crippen LogP contribution in [0.1, 0.15) is 56.6 Å². The Bertz CT molecular complexity index is 1790. The van der Waals surface area contributed by atoms with E-state index in [1.165, 1.54) is 6.92 Å². The maximum atomic E-state index is 13.6. The van der Waals surface area contributed by atoms with E-state index in [2.05, 4.69) is 0 Å². The lowest BCUT2D eigenvalue weighted by molar-refractivity contribution is -0.117. The van der Waals surface area contributed by atoms with E-state index in [1.807, 2.05) is 60.7 Å². The van der Waals surface area contributed by atoms with E-state index in [1.54, 1.807) is 56.7 Å². The largest absolute Gasteiger partial charge is 0.508 e. The molecule has 6 nitrogen and oxygen atoms in total. The molecule has 0 bridgehead atoms. The summed E-state index contributed by atoms with van der Waals surface area (Å²) in [6, 6.07) is 30.9. The molecule has 0 aromatic heterocycles. The van der Waals surface area contributed by atoms with Gasteiger partial charge in [-0.2, -0.15) is 0 Å². The molecule has 5 aromatic rings. The first kappa shape index (κ1) is 27.8. The van der Waals surface area contributed by atoms with Crippen LogP contribution in [-0.4, -0.2) is 36.5 Å². The number of carbonyl (C=O) groups is 2. The van der Waals surface area contributed by atoms with E-state index in [9.17, 15) is 19.8 Å². The van der Waals surface area contributed by atoms with E-state index in [0.717, 1.165) is 39.7 Å². The first-order valence-corrected chi connectivity index (χ1v) is 13.9. The number of Topliss-reactive ketones (excluding diaryl/α,β-unsaturated/α-hetero) is 1. The van der Waals surface area contributed by atoms with Crippen molar-refractivity contribution in [2.75, 3.05) is 14.2 Å². The summed E-state index contributed by atoms with van der Waals surface area (Å²) in [5, 5.41) is 20.9. The summed E-state index contributed by atoms with van der Waals surface area (Å²) in [6.07, 6.45) is 0.791. The Morgan fingerprint density at radius 1 is 0.721 bits per heavy atom. The Morgan fingerprint density at radius 3 is 1.77 bits per heavy atom. The van der Waals surface area contributed by atoms with Crippen LogP contribution in [0.15, 0.2) is 103 Å². The molecule has 0 radical (unpaired) electrons. The average molecular weight is 571 g/mol. The van der Waals surface area contributed by atoms with Crippen LogP contribution in [0.5, 0.6) is 23.0 Å². The lowest BCUT2D eigenvalue weighted by Crippen LogP contribution is -2.31. The van der Waals surface area contributed by atoms with Crippen LogP contribution in [0.3, 0.4) is 0 Å². The second-order valence-electron chi connectivity index (χ2n) is 10.7. The number of ketones is 1. The average Bonchev–Trinajstić information content (AvgIpc) is 3.32. The number of rotatable bonds is 8. The zero-order valence-electron chi connectivity index (χ0n) is 24.0. The van der Waals surface area contributed by atoms with Gasteiger partial charge >= 0.3 is 0 Å². The molecule has 0 heterocycles. The molecule has 0 saturated carbocycles. The number of ether oxygens (including phenoxy) is 2. The van der Waals surface area contributed by atoms with Crippen molar-refractivity contribution in [2.45, 2.75) is 18.3 Å². The Balaban J connectivity index is 1.82. The number of carbonyl (C=O) groups excluding carboxylic acids is 2. The Hall–Kier alpha value is -5.36. The SMILES string of the molecule is COc1ccc(C2(c3ccc(OC)cc3)c3cc(O)ccc3-c3ccc(C=O)c(C(C(C)=O)c4ccc(O)cc4)c32)cc1. The molecule has 214 valence electrons. The highest BCUT2D eigenvalue weighted by molar-refractivity contribution is 5.97. The first-order valence-electron chi connectivity index (χ1n) is 13.9. The van der Waals surface area contributed by atoms with Crippen molar-refractivity contribution in [1.29, 1.82) is 0 Å². The van der Waals surface area contributed by atoms with Crippen molar-refractivity contribution in [1.82, 2.24) is 0 Å². The fraction of sp³-hybridized carbons (Fsp3) is 0.135. The molecule has 43 heavy (non-hydrogen) atoms. The molecular weight excluding hydrogens is 540 g/mol. The lowest BCUT2D eigenvalue weighted by Gasteiger charge is -2.37. The van der Waals surface area contributed by atoms with E-state index in [4.69, 9.17) is 9.47 Å². The minimum atomic E-state index is -1.04. The van der Waals surface area contributed by atoms with Gasteiger partial charge < -0.3 is 19.7 Å². The van der Waals surface area contributed by atoms with Gasteiger partial charge in [-0.05, 0) is 100.0 Å². The minimum absolute atomic E-state index is 0.0775. The fourth-order valence-electron chi connectivity index (χ4n) is 6.61. The van der Waals surface area contributed by atoms with Crippen LogP contribution in [-0.2, 0) is 10.2 Å². The van der Waals surface area contributed by atoms with Crippen LogP contribution < -0.4 is 9.47 Å². The molecule has 0 amide bonds. The summed E-state index contributed by atoms with van der Waals surface area (Å²) in [6.45, 7) is 1.52. The predicted molar refractivity (Wildman–Crippen MR) is 165 cm³/mol. The maximum Gasteiger partial charge on any atom is 0.150 e. The van der Waals surface area contributed by atoms with Gasteiger partial charge in [-0.15, -0.1) is 0 Å². The van der Waals surface area contributed by atoms with E-state index in [-0.39, 0.29) is 17.3 Å². The third-order valence-corrected chi connectivity index (χ3v) is 8.45. The zero-order chi connectivity index (χ0) is 30.3. The van der Waals surface area contributed by atoms with E-state index >= 15 is 0 Å². The Morgan fingerprint density at radius 2 is 1.26 bits per heavy atom. The van der Waals surface area contributed by atoms with Crippen molar-refractivity contribution in [3.05, 3.63) is 142 Å². The van der Waals surface area contributed by atoms with Crippen LogP contribution in [0, 0.1) is 0 Å². The molecule has 6 heteroatoms. The second-order valence-corrected chi connectivity index (χ2v) is 10.7. The van der Waals surface area contributed by atoms with Crippen LogP contribution in [0.25, 0.3) is 11.1 Å². The van der Waals surface area contributed by atoms with Gasteiger partial charge in [-0.3, -0.25) is 9.59 Å². The molecular formula is C37H30O6. The zero-order valence-corrected chi connectivity index (χ0v) is 24.0. The molecule has 0 fully saturated rings. The second kappa shape index (κ2) is 10.8. The number of phenols is 2. The molecule has 1 aliphatic rings. The van der Waals surface area contributed by atoms with Gasteiger partial charge in [0.1, 0.15) is 35.1 Å². The number of fused-ring (bicyclic) bond motifs is 3. The standard InChI is InChI=1S/C37H30O6/c1-22(39)34(23-4-11-27(40)12-5-23)35-24(21-38)6-18-32-31-19-13-28(41)20-33(31)37(36(32)35,25-7-14-29(42-2)15-8-25)26-9-16-30(43-3)17-10-26/h4-21,34,40-41H,1-3H3. The van der Waals surface area contributed by atoms with Gasteiger partial charge in [0.25, 0.3) is 0 Å². The normalized spacial score (nSPS) is 13.5. The quantitative estimate of drug-likeness (QED) is 0.191. The van der Waals surface area contributed by atoms with Crippen molar-refractivity contribution in [3.8, 4) is 34.1 Å². The van der Waals surface area contributed by atoms with Crippen LogP contribution in [0.2, 0.25) is 0 Å². The van der Waals surface area contributed by atoms with E-state index in [0.29, 0.717) is 28.2 Å². The molecule has 0 spiro atoms. The minimum Gasteiger partial charge on any atom is -0.508 e. The molecule has 1 atom stereocenters. The first-order chi connectivity index (χ1) is 20.8. The molecule has 5 aromatic carbocycles. The summed E-state index contributed by atoms with van der Waals surface area (Å²) in [5.74, 6) is 0.561. The van der Waals surface area contributed by atoms with E-state index < -0.39 is 11.3 Å². The number of hydrogen-bond acceptors (Lipinski definition) is 6. The fourth-order valence-corrected chi connectivity index (χ4v) is 6.61. The molecule has 6 rings (SSSR count). The summed E-state index contributed by atoms with van der Waals surface area (Å²) in [4.78, 5) is 26.4. The van der Waals surface area contributed by atoms with Crippen molar-refractivity contribution >= 4 is 12.1 Å². The van der Waals surface area contributed by atoms with Crippen LogP contribution >= 0.6 is 0 Å². The number of benzene rings is 5. The van der Waals surface area contributed by atoms with Gasteiger partial charge in [0.05, 0.1) is 25.6 Å². The maximum absolute atomic E-state index is 13.6. The topological polar surface area (TPSA) is 93.1 Å². The molecule has 2 N–H and O–H groups in total. The van der Waals surface area contributed by atoms with Crippen molar-refractivity contribution in [2.24, 2.45) is 0 Å². The third-order valence-electron chi connectivity index (χ3n) is 8.45. The van der Waals surface area contributed by atoms with Gasteiger partial charge in [-0.1, -0.05) is 54.6 Å². The van der Waals surface area contributed by atoms with Crippen molar-refractivity contribution in [3.63, 3.8) is 0 Å². The van der Waals surface area contributed by atoms with Crippen molar-refractivity contribution < 1.29 is 29.3 Å². The highest BCUT2D eigenvalue weighted by Crippen LogP contribution is 2.59. The number of aromatic hydroxyl groups is 2. The van der Waals surface area contributed by atoms with Crippen LogP contribution in [0.4, 0.5) is 0 Å². The lowest BCUT2D eigenvalue weighted by atomic mass is 9.64. The van der Waals surface area contributed by atoms with Gasteiger partial charge in [0.2, 0.25) is 0 Å². The summed E-state index contributed by atoms with van der Waals surface area (Å²) < 4.78 is 11.0. The smallest absolute Gasteiger partial charge is 0.150 e. The predicted octanol–water partition coefficient (Wildman–Crippen LogP) is 7.01. The Labute approximate surface area is 249 Å². The monoisotopic (exact) mass is 570 g/mol. The highest BCUT2D eigenvalue weighted by Gasteiger charge is 2.49. The van der Waals surface area contributed by atoms with Gasteiger partial charge in [0, 0.05) is 5.56 Å². The number of hydrogen-bond donors (Lipinski definition) is 2. The number of aldehydes is 1. The molecule has 1 aliphatic carbocycles. The highest BCUT2D eigenvalue weighted by atomic mass is 16.5. The number of phenolic OH excluding ortho intramolecular Hbond substituents is 2. The third kappa shape index (κ3) is 4.34. The Kier molecular flexibility index (Phi) is 6.98. The summed E-state index contributed by atoms with van der Waals surface area (Å²) >= 11 is 0.